The molecular weight excluding hydrogens is 168 g/mol. The molecule has 0 aliphatic carbocycles. The van der Waals surface area contributed by atoms with Crippen molar-refractivity contribution in [3.05, 3.63) is 0 Å². The Kier molecular flexibility index (Phi) is 3.69. The average Bonchev–Trinajstić information content (AvgIpc) is 2.17. The number of piperazine rings is 1. The molecule has 0 spiro atoms. The Morgan fingerprint density at radius 2 is 2.31 bits per heavy atom. The van der Waals surface area contributed by atoms with Gasteiger partial charge in [0.2, 0.25) is 0 Å². The Labute approximate surface area is 79.2 Å². The molecule has 1 N–H and O–H groups in total. The Hall–Kier alpha value is -0.610. The first-order valence-electron chi connectivity index (χ1n) is 4.70. The Morgan fingerprint density at radius 3 is 2.85 bits per heavy atom. The van der Waals surface area contributed by atoms with Crippen LogP contribution in [0.2, 0.25) is 0 Å². The Bertz CT molecular complexity index is 182. The lowest BCUT2D eigenvalue weighted by molar-refractivity contribution is -0.144. The number of methoxy groups -OCH3 is 1. The first-order chi connectivity index (χ1) is 6.15. The molecule has 76 valence electrons. The van der Waals surface area contributed by atoms with Gasteiger partial charge in [0.05, 0.1) is 7.11 Å². The standard InChI is InChI=1S/C9H18N2O2/c1-7(2)11-5-4-10-8(6-11)9(12)13-3/h7-8,10H,4-6H2,1-3H3/t8-/m1/s1. The van der Waals surface area contributed by atoms with Crippen molar-refractivity contribution in [2.45, 2.75) is 25.9 Å². The van der Waals surface area contributed by atoms with Crippen LogP contribution in [0.25, 0.3) is 0 Å². The molecule has 1 rings (SSSR count). The monoisotopic (exact) mass is 186 g/mol. The van der Waals surface area contributed by atoms with Crippen LogP contribution in [0.15, 0.2) is 0 Å². The van der Waals surface area contributed by atoms with E-state index in [1.165, 1.54) is 7.11 Å². The molecule has 4 heteroatoms. The highest BCUT2D eigenvalue weighted by Gasteiger charge is 2.26. The molecule has 0 unspecified atom stereocenters. The van der Waals surface area contributed by atoms with Crippen molar-refractivity contribution >= 4 is 5.97 Å². The molecule has 1 saturated heterocycles. The van der Waals surface area contributed by atoms with Gasteiger partial charge in [-0.3, -0.25) is 9.69 Å². The first kappa shape index (κ1) is 10.5. The highest BCUT2D eigenvalue weighted by Crippen LogP contribution is 2.04. The Morgan fingerprint density at radius 1 is 1.62 bits per heavy atom. The lowest BCUT2D eigenvalue weighted by Crippen LogP contribution is -2.56. The molecule has 0 saturated carbocycles. The van der Waals surface area contributed by atoms with Crippen LogP contribution in [-0.4, -0.2) is 49.7 Å². The van der Waals surface area contributed by atoms with Crippen LogP contribution in [0.1, 0.15) is 13.8 Å². The molecule has 1 aliphatic heterocycles. The summed E-state index contributed by atoms with van der Waals surface area (Å²) in [5, 5.41) is 3.14. The fourth-order valence-electron chi connectivity index (χ4n) is 1.54. The van der Waals surface area contributed by atoms with Crippen molar-refractivity contribution in [2.24, 2.45) is 0 Å². The molecule has 1 aliphatic rings. The predicted molar refractivity (Wildman–Crippen MR) is 50.5 cm³/mol. The number of nitrogens with zero attached hydrogens (tertiary/aromatic N) is 1. The minimum Gasteiger partial charge on any atom is -0.468 e. The van der Waals surface area contributed by atoms with Gasteiger partial charge in [-0.25, -0.2) is 0 Å². The SMILES string of the molecule is COC(=O)[C@H]1CN(C(C)C)CCN1. The van der Waals surface area contributed by atoms with Gasteiger partial charge in [-0.2, -0.15) is 0 Å². The van der Waals surface area contributed by atoms with Gasteiger partial charge in [-0.05, 0) is 13.8 Å². The van der Waals surface area contributed by atoms with Crippen molar-refractivity contribution in [2.75, 3.05) is 26.7 Å². The van der Waals surface area contributed by atoms with Crippen LogP contribution in [0.5, 0.6) is 0 Å². The van der Waals surface area contributed by atoms with Crippen LogP contribution in [0, 0.1) is 0 Å². The van der Waals surface area contributed by atoms with Crippen LogP contribution in [0.3, 0.4) is 0 Å². The number of carbonyl (C=O) groups is 1. The third kappa shape index (κ3) is 2.67. The normalized spacial score (nSPS) is 24.8. The highest BCUT2D eigenvalue weighted by atomic mass is 16.5. The second kappa shape index (κ2) is 4.58. The van der Waals surface area contributed by atoms with Crippen molar-refractivity contribution in [3.8, 4) is 0 Å². The summed E-state index contributed by atoms with van der Waals surface area (Å²) < 4.78 is 4.69. The van der Waals surface area contributed by atoms with Crippen molar-refractivity contribution in [3.63, 3.8) is 0 Å². The number of nitrogens with one attached hydrogen (secondary N) is 1. The van der Waals surface area contributed by atoms with Gasteiger partial charge < -0.3 is 10.1 Å². The molecule has 13 heavy (non-hydrogen) atoms. The summed E-state index contributed by atoms with van der Waals surface area (Å²) in [6.45, 7) is 6.90. The zero-order chi connectivity index (χ0) is 9.84. The molecule has 0 aromatic rings. The van der Waals surface area contributed by atoms with Crippen molar-refractivity contribution < 1.29 is 9.53 Å². The van der Waals surface area contributed by atoms with Gasteiger partial charge in [0.1, 0.15) is 6.04 Å². The van der Waals surface area contributed by atoms with E-state index in [4.69, 9.17) is 0 Å². The molecule has 0 radical (unpaired) electrons. The minimum absolute atomic E-state index is 0.152. The van der Waals surface area contributed by atoms with E-state index in [-0.39, 0.29) is 12.0 Å². The van der Waals surface area contributed by atoms with E-state index in [1.54, 1.807) is 0 Å². The lowest BCUT2D eigenvalue weighted by atomic mass is 10.2. The third-order valence-corrected chi connectivity index (χ3v) is 2.42. The molecule has 1 heterocycles. The lowest BCUT2D eigenvalue weighted by Gasteiger charge is -2.34. The summed E-state index contributed by atoms with van der Waals surface area (Å²) in [4.78, 5) is 13.5. The molecule has 4 nitrogen and oxygen atoms in total. The topological polar surface area (TPSA) is 41.6 Å². The summed E-state index contributed by atoms with van der Waals surface area (Å²) >= 11 is 0. The summed E-state index contributed by atoms with van der Waals surface area (Å²) in [6.07, 6.45) is 0. The largest absolute Gasteiger partial charge is 0.468 e. The smallest absolute Gasteiger partial charge is 0.324 e. The fourth-order valence-corrected chi connectivity index (χ4v) is 1.54. The molecule has 0 aromatic heterocycles. The van der Waals surface area contributed by atoms with Gasteiger partial charge in [0.15, 0.2) is 0 Å². The van der Waals surface area contributed by atoms with Gasteiger partial charge in [0, 0.05) is 25.7 Å². The zero-order valence-electron chi connectivity index (χ0n) is 8.54. The third-order valence-electron chi connectivity index (χ3n) is 2.42. The molecule has 0 amide bonds. The fraction of sp³-hybridized carbons (Fsp3) is 0.889. The van der Waals surface area contributed by atoms with E-state index in [0.717, 1.165) is 19.6 Å². The van der Waals surface area contributed by atoms with E-state index in [2.05, 4.69) is 28.8 Å². The van der Waals surface area contributed by atoms with E-state index in [1.807, 2.05) is 0 Å². The number of rotatable bonds is 2. The summed E-state index contributed by atoms with van der Waals surface area (Å²) in [7, 11) is 1.43. The van der Waals surface area contributed by atoms with Crippen molar-refractivity contribution in [1.82, 2.24) is 10.2 Å². The quantitative estimate of drug-likeness (QED) is 0.609. The van der Waals surface area contributed by atoms with Crippen LogP contribution in [-0.2, 0) is 9.53 Å². The molecule has 1 atom stereocenters. The van der Waals surface area contributed by atoms with Gasteiger partial charge in [0.25, 0.3) is 0 Å². The molecule has 1 fully saturated rings. The molecule has 0 aromatic carbocycles. The number of carbonyl (C=O) groups excluding carboxylic acids is 1. The van der Waals surface area contributed by atoms with Crippen LogP contribution < -0.4 is 5.32 Å². The summed E-state index contributed by atoms with van der Waals surface area (Å²) in [5.74, 6) is -0.162. The Balaban J connectivity index is 2.46. The van der Waals surface area contributed by atoms with Gasteiger partial charge >= 0.3 is 5.97 Å². The van der Waals surface area contributed by atoms with E-state index < -0.39 is 0 Å². The van der Waals surface area contributed by atoms with Gasteiger partial charge in [-0.1, -0.05) is 0 Å². The summed E-state index contributed by atoms with van der Waals surface area (Å²) in [6, 6.07) is 0.343. The average molecular weight is 186 g/mol. The predicted octanol–water partition coefficient (Wildman–Crippen LogP) is -0.158. The molecular formula is C9H18N2O2. The highest BCUT2D eigenvalue weighted by molar-refractivity contribution is 5.76. The van der Waals surface area contributed by atoms with Crippen molar-refractivity contribution in [1.29, 1.82) is 0 Å². The maximum Gasteiger partial charge on any atom is 0.324 e. The maximum atomic E-state index is 11.2. The van der Waals surface area contributed by atoms with Gasteiger partial charge in [-0.15, -0.1) is 0 Å². The van der Waals surface area contributed by atoms with Crippen LogP contribution >= 0.6 is 0 Å². The minimum atomic E-state index is -0.162. The zero-order valence-corrected chi connectivity index (χ0v) is 8.54. The van der Waals surface area contributed by atoms with E-state index in [9.17, 15) is 4.79 Å². The number of ether oxygens (including phenoxy) is 1. The maximum absolute atomic E-state index is 11.2. The number of esters is 1. The number of hydrogen-bond acceptors (Lipinski definition) is 4. The number of hydrogen-bond donors (Lipinski definition) is 1. The molecule has 0 bridgehead atoms. The van der Waals surface area contributed by atoms with Crippen LogP contribution in [0.4, 0.5) is 0 Å². The summed E-state index contributed by atoms with van der Waals surface area (Å²) in [5.41, 5.74) is 0. The second-order valence-corrected chi connectivity index (χ2v) is 3.62. The second-order valence-electron chi connectivity index (χ2n) is 3.62. The van der Waals surface area contributed by atoms with E-state index in [0.29, 0.717) is 6.04 Å². The first-order valence-corrected chi connectivity index (χ1v) is 4.70. The van der Waals surface area contributed by atoms with E-state index >= 15 is 0 Å².